The lowest BCUT2D eigenvalue weighted by Gasteiger charge is -2.22. The van der Waals surface area contributed by atoms with Gasteiger partial charge in [-0.05, 0) is 12.8 Å². The molecular weight excluding hydrogens is 195 g/mol. The molecule has 0 spiro atoms. The Labute approximate surface area is 81.0 Å². The van der Waals surface area contributed by atoms with Gasteiger partial charge >= 0.3 is 6.18 Å². The quantitative estimate of drug-likeness (QED) is 0.703. The molecule has 6 heteroatoms. The molecule has 0 aliphatic carbocycles. The molecule has 1 rings (SSSR count). The van der Waals surface area contributed by atoms with Crippen LogP contribution in [0.2, 0.25) is 0 Å². The summed E-state index contributed by atoms with van der Waals surface area (Å²) in [7, 11) is 1.39. The summed E-state index contributed by atoms with van der Waals surface area (Å²) in [4.78, 5) is 5.14. The van der Waals surface area contributed by atoms with Crippen molar-refractivity contribution >= 4 is 5.96 Å². The fourth-order valence-electron chi connectivity index (χ4n) is 1.28. The van der Waals surface area contributed by atoms with Gasteiger partial charge < -0.3 is 10.2 Å². The van der Waals surface area contributed by atoms with Gasteiger partial charge in [0.25, 0.3) is 0 Å². The average molecular weight is 209 g/mol. The lowest BCUT2D eigenvalue weighted by molar-refractivity contribution is -0.136. The highest BCUT2D eigenvalue weighted by Crippen LogP contribution is 2.15. The predicted octanol–water partition coefficient (Wildman–Crippen LogP) is 1.22. The van der Waals surface area contributed by atoms with E-state index < -0.39 is 12.7 Å². The maximum absolute atomic E-state index is 12.0. The first-order chi connectivity index (χ1) is 6.49. The molecule has 0 aromatic rings. The van der Waals surface area contributed by atoms with Gasteiger partial charge in [0, 0.05) is 20.1 Å². The van der Waals surface area contributed by atoms with Gasteiger partial charge in [-0.25, -0.2) is 0 Å². The first-order valence-corrected chi connectivity index (χ1v) is 4.55. The van der Waals surface area contributed by atoms with Gasteiger partial charge in [0.15, 0.2) is 5.96 Å². The van der Waals surface area contributed by atoms with Gasteiger partial charge in [-0.15, -0.1) is 0 Å². The van der Waals surface area contributed by atoms with Crippen LogP contribution in [0.15, 0.2) is 4.99 Å². The molecule has 0 radical (unpaired) electrons. The number of aliphatic imine (C=N–C) groups is 1. The Bertz CT molecular complexity index is 212. The molecule has 1 N–H and O–H groups in total. The Hall–Kier alpha value is -0.940. The maximum Gasteiger partial charge on any atom is 0.406 e. The summed E-state index contributed by atoms with van der Waals surface area (Å²) >= 11 is 0. The zero-order valence-electron chi connectivity index (χ0n) is 8.06. The lowest BCUT2D eigenvalue weighted by Crippen LogP contribution is -2.43. The second-order valence-corrected chi connectivity index (χ2v) is 3.31. The molecule has 0 atom stereocenters. The Morgan fingerprint density at radius 2 is 2.14 bits per heavy atom. The van der Waals surface area contributed by atoms with E-state index >= 15 is 0 Å². The Morgan fingerprint density at radius 3 is 2.79 bits per heavy atom. The third-order valence-electron chi connectivity index (χ3n) is 1.91. The van der Waals surface area contributed by atoms with Crippen LogP contribution >= 0.6 is 0 Å². The van der Waals surface area contributed by atoms with Gasteiger partial charge in [0.1, 0.15) is 6.54 Å². The topological polar surface area (TPSA) is 27.6 Å². The van der Waals surface area contributed by atoms with Crippen LogP contribution in [0, 0.1) is 0 Å². The van der Waals surface area contributed by atoms with E-state index in [1.807, 2.05) is 0 Å². The SMILES string of the molecule is CN(CC(F)(F)F)C1=NCCCCN1. The van der Waals surface area contributed by atoms with Gasteiger partial charge in [-0.2, -0.15) is 13.2 Å². The third-order valence-corrected chi connectivity index (χ3v) is 1.91. The standard InChI is InChI=1S/C8H14F3N3/c1-14(6-8(9,10)11)7-12-4-2-3-5-13-7/h2-6H2,1H3,(H,12,13). The zero-order valence-corrected chi connectivity index (χ0v) is 8.06. The highest BCUT2D eigenvalue weighted by atomic mass is 19.4. The van der Waals surface area contributed by atoms with Crippen molar-refractivity contribution in [2.75, 3.05) is 26.7 Å². The molecule has 82 valence electrons. The van der Waals surface area contributed by atoms with Crippen LogP contribution in [-0.2, 0) is 0 Å². The van der Waals surface area contributed by atoms with Crippen molar-refractivity contribution < 1.29 is 13.2 Å². The molecule has 0 bridgehead atoms. The highest BCUT2D eigenvalue weighted by Gasteiger charge is 2.30. The molecule has 0 unspecified atom stereocenters. The number of hydrogen-bond acceptors (Lipinski definition) is 3. The second-order valence-electron chi connectivity index (χ2n) is 3.31. The number of alkyl halides is 3. The summed E-state index contributed by atoms with van der Waals surface area (Å²) in [5.41, 5.74) is 0. The Morgan fingerprint density at radius 1 is 1.43 bits per heavy atom. The van der Waals surface area contributed by atoms with Crippen LogP contribution in [0.4, 0.5) is 13.2 Å². The predicted molar refractivity (Wildman–Crippen MR) is 48.2 cm³/mol. The summed E-state index contributed by atoms with van der Waals surface area (Å²) in [5.74, 6) is 0.347. The molecule has 14 heavy (non-hydrogen) atoms. The largest absolute Gasteiger partial charge is 0.406 e. The van der Waals surface area contributed by atoms with E-state index in [4.69, 9.17) is 0 Å². The van der Waals surface area contributed by atoms with E-state index in [0.29, 0.717) is 19.0 Å². The molecule has 1 heterocycles. The van der Waals surface area contributed by atoms with E-state index in [1.165, 1.54) is 7.05 Å². The van der Waals surface area contributed by atoms with E-state index in [1.54, 1.807) is 0 Å². The van der Waals surface area contributed by atoms with Crippen molar-refractivity contribution in [1.29, 1.82) is 0 Å². The lowest BCUT2D eigenvalue weighted by atomic mass is 10.3. The Kier molecular flexibility index (Phi) is 3.60. The van der Waals surface area contributed by atoms with Crippen molar-refractivity contribution in [3.63, 3.8) is 0 Å². The molecule has 0 aromatic carbocycles. The zero-order chi connectivity index (χ0) is 10.6. The van der Waals surface area contributed by atoms with Crippen LogP contribution in [0.1, 0.15) is 12.8 Å². The van der Waals surface area contributed by atoms with Crippen LogP contribution < -0.4 is 5.32 Å². The minimum atomic E-state index is -4.18. The fourth-order valence-corrected chi connectivity index (χ4v) is 1.28. The van der Waals surface area contributed by atoms with E-state index in [-0.39, 0.29) is 0 Å². The van der Waals surface area contributed by atoms with Crippen molar-refractivity contribution in [3.8, 4) is 0 Å². The van der Waals surface area contributed by atoms with E-state index in [0.717, 1.165) is 17.7 Å². The van der Waals surface area contributed by atoms with Crippen LogP contribution in [0.5, 0.6) is 0 Å². The molecule has 3 nitrogen and oxygen atoms in total. The third kappa shape index (κ3) is 3.85. The average Bonchev–Trinajstić information content (AvgIpc) is 2.27. The normalized spacial score (nSPS) is 18.1. The number of nitrogens with one attached hydrogen (secondary N) is 1. The summed E-state index contributed by atoms with van der Waals surface area (Å²) in [6.07, 6.45) is -2.30. The monoisotopic (exact) mass is 209 g/mol. The maximum atomic E-state index is 12.0. The molecular formula is C8H14F3N3. The fraction of sp³-hybridized carbons (Fsp3) is 0.875. The summed E-state index contributed by atoms with van der Waals surface area (Å²) < 4.78 is 36.1. The first-order valence-electron chi connectivity index (χ1n) is 4.55. The van der Waals surface area contributed by atoms with Gasteiger partial charge in [-0.3, -0.25) is 4.99 Å². The minimum absolute atomic E-state index is 0.347. The number of nitrogens with zero attached hydrogens (tertiary/aromatic N) is 2. The molecule has 0 saturated carbocycles. The first kappa shape index (κ1) is 11.1. The van der Waals surface area contributed by atoms with Crippen LogP contribution in [0.3, 0.4) is 0 Å². The van der Waals surface area contributed by atoms with Crippen LogP contribution in [-0.4, -0.2) is 43.7 Å². The molecule has 0 fully saturated rings. The second kappa shape index (κ2) is 4.52. The number of guanidine groups is 1. The summed E-state index contributed by atoms with van der Waals surface area (Å²) in [5, 5.41) is 2.88. The number of rotatable bonds is 1. The van der Waals surface area contributed by atoms with Crippen molar-refractivity contribution in [2.24, 2.45) is 4.99 Å². The summed E-state index contributed by atoms with van der Waals surface area (Å²) in [6.45, 7) is 0.338. The molecule has 0 amide bonds. The summed E-state index contributed by atoms with van der Waals surface area (Å²) in [6, 6.07) is 0. The molecule has 1 aliphatic rings. The number of halogens is 3. The van der Waals surface area contributed by atoms with Gasteiger partial charge in [0.05, 0.1) is 0 Å². The number of hydrogen-bond donors (Lipinski definition) is 1. The smallest absolute Gasteiger partial charge is 0.356 e. The van der Waals surface area contributed by atoms with E-state index in [2.05, 4.69) is 10.3 Å². The molecule has 0 saturated heterocycles. The minimum Gasteiger partial charge on any atom is -0.356 e. The van der Waals surface area contributed by atoms with Gasteiger partial charge in [-0.1, -0.05) is 0 Å². The highest BCUT2D eigenvalue weighted by molar-refractivity contribution is 5.79. The van der Waals surface area contributed by atoms with Gasteiger partial charge in [0.2, 0.25) is 0 Å². The van der Waals surface area contributed by atoms with Crippen molar-refractivity contribution in [3.05, 3.63) is 0 Å². The molecule has 0 aromatic heterocycles. The molecule has 1 aliphatic heterocycles. The van der Waals surface area contributed by atoms with Crippen molar-refractivity contribution in [1.82, 2.24) is 10.2 Å². The van der Waals surface area contributed by atoms with E-state index in [9.17, 15) is 13.2 Å². The van der Waals surface area contributed by atoms with Crippen molar-refractivity contribution in [2.45, 2.75) is 19.0 Å². The van der Waals surface area contributed by atoms with Crippen LogP contribution in [0.25, 0.3) is 0 Å². The Balaban J connectivity index is 2.50.